The highest BCUT2D eigenvalue weighted by Gasteiger charge is 2.22. The fourth-order valence-electron chi connectivity index (χ4n) is 3.41. The number of carbonyl (C=O) groups is 2. The quantitative estimate of drug-likeness (QED) is 0.531. The van der Waals surface area contributed by atoms with Gasteiger partial charge in [-0.2, -0.15) is 0 Å². The second-order valence-electron chi connectivity index (χ2n) is 7.33. The first-order valence-electron chi connectivity index (χ1n) is 10.3. The highest BCUT2D eigenvalue weighted by molar-refractivity contribution is 8.01. The van der Waals surface area contributed by atoms with Crippen molar-refractivity contribution in [3.63, 3.8) is 0 Å². The zero-order chi connectivity index (χ0) is 22.3. The Morgan fingerprint density at radius 1 is 1.03 bits per heavy atom. The van der Waals surface area contributed by atoms with Crippen LogP contribution in [0.3, 0.4) is 0 Å². The summed E-state index contributed by atoms with van der Waals surface area (Å²) in [7, 11) is 0. The number of benzene rings is 2. The van der Waals surface area contributed by atoms with E-state index >= 15 is 0 Å². The van der Waals surface area contributed by atoms with Crippen molar-refractivity contribution in [2.45, 2.75) is 10.8 Å². The molecular weight excluding hydrogens is 447 g/mol. The Balaban J connectivity index is 1.21. The van der Waals surface area contributed by atoms with Crippen LogP contribution in [-0.2, 0) is 16.0 Å². The van der Waals surface area contributed by atoms with Gasteiger partial charge in [0.05, 0.1) is 17.9 Å². The van der Waals surface area contributed by atoms with E-state index in [9.17, 15) is 14.0 Å². The van der Waals surface area contributed by atoms with Crippen LogP contribution in [0.1, 0.15) is 5.69 Å². The summed E-state index contributed by atoms with van der Waals surface area (Å²) in [5.41, 5.74) is 2.46. The first-order chi connectivity index (χ1) is 15.6. The van der Waals surface area contributed by atoms with E-state index in [1.54, 1.807) is 0 Å². The number of carbonyl (C=O) groups excluding carboxylic acids is 2. The predicted octanol–water partition coefficient (Wildman–Crippen LogP) is 3.90. The van der Waals surface area contributed by atoms with Gasteiger partial charge in [0.15, 0.2) is 4.34 Å². The average Bonchev–Trinajstić information content (AvgIpc) is 3.27. The van der Waals surface area contributed by atoms with Crippen LogP contribution in [0.4, 0.5) is 15.8 Å². The monoisotopic (exact) mass is 470 g/mol. The molecule has 1 fully saturated rings. The van der Waals surface area contributed by atoms with Crippen LogP contribution < -0.4 is 10.2 Å². The Labute approximate surface area is 194 Å². The van der Waals surface area contributed by atoms with Crippen LogP contribution in [-0.4, -0.2) is 53.6 Å². The summed E-state index contributed by atoms with van der Waals surface area (Å²) in [4.78, 5) is 33.4. The van der Waals surface area contributed by atoms with E-state index in [2.05, 4.69) is 27.3 Å². The Kier molecular flexibility index (Phi) is 7.39. The summed E-state index contributed by atoms with van der Waals surface area (Å²) in [5.74, 6) is -0.264. The molecule has 1 N–H and O–H groups in total. The van der Waals surface area contributed by atoms with Crippen LogP contribution in [0.15, 0.2) is 64.3 Å². The summed E-state index contributed by atoms with van der Waals surface area (Å²) in [6, 6.07) is 15.9. The van der Waals surface area contributed by atoms with Crippen LogP contribution in [0, 0.1) is 5.82 Å². The lowest BCUT2D eigenvalue weighted by Crippen LogP contribution is -2.49. The van der Waals surface area contributed by atoms with E-state index in [-0.39, 0.29) is 29.8 Å². The highest BCUT2D eigenvalue weighted by atomic mass is 32.2. The second kappa shape index (κ2) is 10.6. The Bertz CT molecular complexity index is 1050. The molecule has 0 atom stereocenters. The maximum Gasteiger partial charge on any atom is 0.234 e. The van der Waals surface area contributed by atoms with E-state index in [4.69, 9.17) is 0 Å². The molecule has 6 nitrogen and oxygen atoms in total. The smallest absolute Gasteiger partial charge is 0.234 e. The van der Waals surface area contributed by atoms with Gasteiger partial charge >= 0.3 is 0 Å². The molecule has 1 saturated heterocycles. The number of hydrogen-bond acceptors (Lipinski definition) is 6. The number of thioether (sulfide) groups is 1. The molecule has 0 spiro atoms. The number of para-hydroxylation sites is 1. The first-order valence-corrected chi connectivity index (χ1v) is 12.1. The lowest BCUT2D eigenvalue weighted by molar-refractivity contribution is -0.130. The lowest BCUT2D eigenvalue weighted by Gasteiger charge is -2.36. The third-order valence-corrected chi connectivity index (χ3v) is 7.14. The van der Waals surface area contributed by atoms with Crippen LogP contribution >= 0.6 is 23.1 Å². The minimum absolute atomic E-state index is 0.0774. The normalized spacial score (nSPS) is 13.8. The largest absolute Gasteiger partial charge is 0.368 e. The van der Waals surface area contributed by atoms with Gasteiger partial charge in [-0.1, -0.05) is 30.0 Å². The fourth-order valence-corrected chi connectivity index (χ4v) is 5.06. The number of thiazole rings is 1. The average molecular weight is 471 g/mol. The summed E-state index contributed by atoms with van der Waals surface area (Å²) in [5, 5.41) is 4.60. The SMILES string of the molecule is O=C(CSc1nc(CC(=O)N2CCN(c3ccccc3)CC2)cs1)Nc1ccc(F)cc1. The number of rotatable bonds is 7. The third-order valence-electron chi connectivity index (χ3n) is 5.07. The van der Waals surface area contributed by atoms with Crippen molar-refractivity contribution in [1.29, 1.82) is 0 Å². The fraction of sp³-hybridized carbons (Fsp3) is 0.261. The summed E-state index contributed by atoms with van der Waals surface area (Å²) in [6.07, 6.45) is 0.268. The maximum absolute atomic E-state index is 12.9. The first kappa shape index (κ1) is 22.3. The van der Waals surface area contributed by atoms with Gasteiger partial charge in [0.25, 0.3) is 0 Å². The van der Waals surface area contributed by atoms with Gasteiger partial charge in [0.1, 0.15) is 5.82 Å². The van der Waals surface area contributed by atoms with Crippen LogP contribution in [0.2, 0.25) is 0 Å². The molecule has 0 radical (unpaired) electrons. The Morgan fingerprint density at radius 2 is 1.75 bits per heavy atom. The number of nitrogens with one attached hydrogen (secondary N) is 1. The zero-order valence-corrected chi connectivity index (χ0v) is 19.0. The minimum Gasteiger partial charge on any atom is -0.368 e. The van der Waals surface area contributed by atoms with Crippen molar-refractivity contribution in [2.24, 2.45) is 0 Å². The van der Waals surface area contributed by atoms with Crippen molar-refractivity contribution in [3.8, 4) is 0 Å². The molecule has 166 valence electrons. The third kappa shape index (κ3) is 6.08. The highest BCUT2D eigenvalue weighted by Crippen LogP contribution is 2.24. The molecule has 9 heteroatoms. The molecule has 4 rings (SSSR count). The topological polar surface area (TPSA) is 65.5 Å². The van der Waals surface area contributed by atoms with E-state index in [0.717, 1.165) is 23.1 Å². The molecule has 2 aromatic carbocycles. The number of anilines is 2. The van der Waals surface area contributed by atoms with Crippen molar-refractivity contribution >= 4 is 46.3 Å². The predicted molar refractivity (Wildman–Crippen MR) is 127 cm³/mol. The van der Waals surface area contributed by atoms with Gasteiger partial charge < -0.3 is 15.1 Å². The number of aromatic nitrogens is 1. The van der Waals surface area contributed by atoms with Gasteiger partial charge in [-0.25, -0.2) is 9.37 Å². The number of nitrogens with zero attached hydrogens (tertiary/aromatic N) is 3. The number of halogens is 1. The van der Waals surface area contributed by atoms with Gasteiger partial charge in [-0.3, -0.25) is 9.59 Å². The Hall–Kier alpha value is -2.91. The number of amides is 2. The van der Waals surface area contributed by atoms with Crippen molar-refractivity contribution in [2.75, 3.05) is 42.1 Å². The molecule has 1 aliphatic rings. The molecule has 0 unspecified atom stereocenters. The van der Waals surface area contributed by atoms with Crippen LogP contribution in [0.25, 0.3) is 0 Å². The molecule has 0 aliphatic carbocycles. The Morgan fingerprint density at radius 3 is 2.47 bits per heavy atom. The molecule has 2 amide bonds. The van der Waals surface area contributed by atoms with Gasteiger partial charge in [0.2, 0.25) is 11.8 Å². The molecule has 1 aliphatic heterocycles. The summed E-state index contributed by atoms with van der Waals surface area (Å²) in [6.45, 7) is 3.03. The van der Waals surface area contributed by atoms with E-state index in [0.29, 0.717) is 18.8 Å². The molecule has 3 aromatic rings. The number of hydrogen-bond donors (Lipinski definition) is 1. The van der Waals surface area contributed by atoms with Gasteiger partial charge in [0, 0.05) is 42.9 Å². The standard InChI is InChI=1S/C23H23FN4O2S2/c24-17-6-8-18(9-7-17)25-21(29)16-32-23-26-19(15-31-23)14-22(30)28-12-10-27(11-13-28)20-4-2-1-3-5-20/h1-9,15H,10-14,16H2,(H,25,29). The molecule has 32 heavy (non-hydrogen) atoms. The van der Waals surface area contributed by atoms with Crippen molar-refractivity contribution in [1.82, 2.24) is 9.88 Å². The van der Waals surface area contributed by atoms with Gasteiger partial charge in [-0.15, -0.1) is 11.3 Å². The van der Waals surface area contributed by atoms with Crippen LogP contribution in [0.5, 0.6) is 0 Å². The van der Waals surface area contributed by atoms with Gasteiger partial charge in [-0.05, 0) is 36.4 Å². The van der Waals surface area contributed by atoms with E-state index < -0.39 is 0 Å². The van der Waals surface area contributed by atoms with Crippen molar-refractivity contribution < 1.29 is 14.0 Å². The second-order valence-corrected chi connectivity index (χ2v) is 9.41. The molecule has 2 heterocycles. The lowest BCUT2D eigenvalue weighted by atomic mass is 10.2. The zero-order valence-electron chi connectivity index (χ0n) is 17.4. The molecule has 0 saturated carbocycles. The molecular formula is C23H23FN4O2S2. The summed E-state index contributed by atoms with van der Waals surface area (Å²) >= 11 is 2.75. The summed E-state index contributed by atoms with van der Waals surface area (Å²) < 4.78 is 13.7. The van der Waals surface area contributed by atoms with Crippen molar-refractivity contribution in [3.05, 3.63) is 71.5 Å². The van der Waals surface area contributed by atoms with E-state index in [1.807, 2.05) is 28.5 Å². The molecule has 1 aromatic heterocycles. The number of piperazine rings is 1. The minimum atomic E-state index is -0.347. The maximum atomic E-state index is 12.9. The van der Waals surface area contributed by atoms with E-state index in [1.165, 1.54) is 53.1 Å². The molecule has 0 bridgehead atoms.